The van der Waals surface area contributed by atoms with Crippen LogP contribution in [0.4, 0.5) is 19.0 Å². The predicted molar refractivity (Wildman–Crippen MR) is 133 cm³/mol. The van der Waals surface area contributed by atoms with Crippen LogP contribution >= 0.6 is 0 Å². The molecule has 11 heteroatoms. The lowest BCUT2D eigenvalue weighted by Crippen LogP contribution is -2.35. The molecule has 3 aromatic heterocycles. The van der Waals surface area contributed by atoms with E-state index in [1.54, 1.807) is 0 Å². The molecule has 2 bridgehead atoms. The number of nitriles is 1. The first-order valence-corrected chi connectivity index (χ1v) is 12.1. The van der Waals surface area contributed by atoms with Crippen molar-refractivity contribution in [3.05, 3.63) is 60.1 Å². The molecule has 0 aliphatic heterocycles. The molecule has 4 N–H and O–H groups in total. The molecule has 1 unspecified atom stereocenters. The number of nitrogens with two attached hydrogens (primary N) is 1. The maximum Gasteiger partial charge on any atom is 0.306 e. The summed E-state index contributed by atoms with van der Waals surface area (Å²) in [4.78, 5) is 25.0. The number of nitrogens with zero attached hydrogens (tertiary/aromatic N) is 4. The summed E-state index contributed by atoms with van der Waals surface area (Å²) in [7, 11) is 0. The Bertz CT molecular complexity index is 1560. The van der Waals surface area contributed by atoms with E-state index in [0.717, 1.165) is 24.5 Å². The van der Waals surface area contributed by atoms with Gasteiger partial charge in [0.15, 0.2) is 11.6 Å². The van der Waals surface area contributed by atoms with Gasteiger partial charge in [0.1, 0.15) is 24.0 Å². The van der Waals surface area contributed by atoms with E-state index in [1.807, 2.05) is 6.07 Å². The molecule has 1 atom stereocenters. The zero-order valence-corrected chi connectivity index (χ0v) is 20.1. The second-order valence-electron chi connectivity index (χ2n) is 9.62. The lowest BCUT2D eigenvalue weighted by atomic mass is 9.65. The summed E-state index contributed by atoms with van der Waals surface area (Å²) in [5.41, 5.74) is 5.87. The van der Waals surface area contributed by atoms with Crippen molar-refractivity contribution in [3.8, 4) is 28.5 Å². The van der Waals surface area contributed by atoms with E-state index >= 15 is 0 Å². The highest BCUT2D eigenvalue weighted by molar-refractivity contribution is 5.98. The zero-order valence-electron chi connectivity index (χ0n) is 20.1. The van der Waals surface area contributed by atoms with Gasteiger partial charge >= 0.3 is 5.97 Å². The third kappa shape index (κ3) is 4.53. The topological polar surface area (TPSA) is 142 Å². The summed E-state index contributed by atoms with van der Waals surface area (Å²) >= 11 is 0. The highest BCUT2D eigenvalue weighted by atomic mass is 19.1. The fourth-order valence-electron chi connectivity index (χ4n) is 5.62. The Morgan fingerprint density at radius 1 is 1.13 bits per heavy atom. The van der Waals surface area contributed by atoms with E-state index < -0.39 is 29.2 Å². The highest BCUT2D eigenvalue weighted by Crippen LogP contribution is 2.45. The number of hydrogen-bond acceptors (Lipinski definition) is 6. The number of nitrogen functional groups attached to an aromatic ring is 1. The Hall–Kier alpha value is -4.46. The molecule has 4 aromatic rings. The molecule has 0 spiro atoms. The fourth-order valence-corrected chi connectivity index (χ4v) is 5.62. The Morgan fingerprint density at radius 3 is 2.42 bits per heavy atom. The summed E-state index contributed by atoms with van der Waals surface area (Å²) in [6.45, 7) is 0. The lowest BCUT2D eigenvalue weighted by molar-refractivity contribution is -0.147. The van der Waals surface area contributed by atoms with Gasteiger partial charge in [-0.2, -0.15) is 5.26 Å². The van der Waals surface area contributed by atoms with Gasteiger partial charge in [0.2, 0.25) is 0 Å². The van der Waals surface area contributed by atoms with Gasteiger partial charge in [-0.25, -0.2) is 28.1 Å². The maximum atomic E-state index is 14.7. The number of H-pyrrole nitrogens is 1. The van der Waals surface area contributed by atoms with Crippen molar-refractivity contribution in [1.82, 2.24) is 19.9 Å². The van der Waals surface area contributed by atoms with Gasteiger partial charge in [-0.05, 0) is 37.2 Å². The van der Waals surface area contributed by atoms with E-state index in [-0.39, 0.29) is 44.8 Å². The smallest absolute Gasteiger partial charge is 0.306 e. The number of halogens is 3. The molecule has 7 rings (SSSR count). The molecular weight excluding hydrogens is 497 g/mol. The number of rotatable bonds is 3. The highest BCUT2D eigenvalue weighted by Gasteiger charge is 2.39. The van der Waals surface area contributed by atoms with Crippen molar-refractivity contribution >= 4 is 22.7 Å². The molecule has 0 radical (unpaired) electrons. The Labute approximate surface area is 215 Å². The van der Waals surface area contributed by atoms with E-state index in [2.05, 4.69) is 19.9 Å². The number of nitrogens with one attached hydrogen (secondary N) is 1. The van der Waals surface area contributed by atoms with Crippen molar-refractivity contribution in [1.29, 1.82) is 5.26 Å². The number of carbonyl (C=O) groups is 1. The van der Waals surface area contributed by atoms with E-state index in [4.69, 9.17) is 10.8 Å². The minimum Gasteiger partial charge on any atom is -0.481 e. The van der Waals surface area contributed by atoms with E-state index in [1.165, 1.54) is 50.6 Å². The SMILES string of the molecule is N#Cc1c(-c2c[nH]c3c(F)cc(F)cc23)nc(N)c(F)c1-c1cncnc1.O=C(O)C1CC2CCC1CC2. The number of carboxylic acids is 1. The van der Waals surface area contributed by atoms with Gasteiger partial charge in [0.25, 0.3) is 0 Å². The Kier molecular flexibility index (Phi) is 6.72. The monoisotopic (exact) mass is 520 g/mol. The Balaban J connectivity index is 0.000000222. The molecule has 3 fully saturated rings. The lowest BCUT2D eigenvalue weighted by Gasteiger charge is -2.40. The second-order valence-corrected chi connectivity index (χ2v) is 9.62. The first kappa shape index (κ1) is 25.2. The molecular formula is C27H23F3N6O2. The van der Waals surface area contributed by atoms with Gasteiger partial charge in [0.05, 0.1) is 22.7 Å². The van der Waals surface area contributed by atoms with E-state index in [9.17, 15) is 23.2 Å². The van der Waals surface area contributed by atoms with Crippen molar-refractivity contribution in [2.45, 2.75) is 32.1 Å². The number of fused-ring (bicyclic) bond motifs is 4. The molecule has 194 valence electrons. The van der Waals surface area contributed by atoms with Crippen molar-refractivity contribution in [2.75, 3.05) is 5.73 Å². The van der Waals surface area contributed by atoms with Crippen LogP contribution in [0, 0.1) is 46.5 Å². The number of anilines is 1. The van der Waals surface area contributed by atoms with Crippen LogP contribution in [0.25, 0.3) is 33.3 Å². The number of aliphatic carboxylic acids is 1. The average Bonchev–Trinajstić information content (AvgIpc) is 3.35. The molecule has 3 saturated carbocycles. The average molecular weight is 521 g/mol. The summed E-state index contributed by atoms with van der Waals surface area (Å²) in [5.74, 6) is -2.27. The predicted octanol–water partition coefficient (Wildman–Crippen LogP) is 5.46. The molecule has 8 nitrogen and oxygen atoms in total. The Morgan fingerprint density at radius 2 is 1.84 bits per heavy atom. The molecule has 3 aliphatic carbocycles. The van der Waals surface area contributed by atoms with Crippen LogP contribution in [0.5, 0.6) is 0 Å². The van der Waals surface area contributed by atoms with Gasteiger partial charge in [-0.3, -0.25) is 4.79 Å². The van der Waals surface area contributed by atoms with E-state index in [0.29, 0.717) is 5.92 Å². The van der Waals surface area contributed by atoms with Crippen molar-refractivity contribution in [2.24, 2.45) is 17.8 Å². The summed E-state index contributed by atoms with van der Waals surface area (Å²) in [6.07, 6.45) is 11.1. The summed E-state index contributed by atoms with van der Waals surface area (Å²) in [6, 6.07) is 3.72. The standard InChI is InChI=1S/C18H9F3N6.C9H14O2/c19-9-1-10-12(6-26-17(10)13(20)2-9)16-11(3-22)14(15(21)18(23)27-16)8-4-24-7-25-5-8;10-9(11)8-5-6-1-3-7(8)4-2-6/h1-2,4-7,26H,(H2,23,27);6-8H,1-5H2,(H,10,11). The van der Waals surface area contributed by atoms with Gasteiger partial charge < -0.3 is 15.8 Å². The number of aromatic nitrogens is 4. The van der Waals surface area contributed by atoms with Gasteiger partial charge in [0, 0.05) is 46.7 Å². The number of aromatic amines is 1. The number of carboxylic acid groups (broad SMARTS) is 1. The quantitative estimate of drug-likeness (QED) is 0.326. The second kappa shape index (κ2) is 10.1. The van der Waals surface area contributed by atoms with Crippen LogP contribution in [-0.2, 0) is 4.79 Å². The molecule has 1 aromatic carbocycles. The molecule has 3 aliphatic rings. The van der Waals surface area contributed by atoms with Crippen LogP contribution in [0.2, 0.25) is 0 Å². The number of benzene rings is 1. The minimum absolute atomic E-state index is 0.00231. The number of hydrogen-bond donors (Lipinski definition) is 3. The van der Waals surface area contributed by atoms with Gasteiger partial charge in [-0.1, -0.05) is 12.8 Å². The fraction of sp³-hybridized carbons (Fsp3) is 0.296. The van der Waals surface area contributed by atoms with Crippen LogP contribution in [0.3, 0.4) is 0 Å². The van der Waals surface area contributed by atoms with Crippen LogP contribution < -0.4 is 5.73 Å². The third-order valence-electron chi connectivity index (χ3n) is 7.45. The van der Waals surface area contributed by atoms with Crippen molar-refractivity contribution in [3.63, 3.8) is 0 Å². The molecule has 0 amide bonds. The first-order valence-electron chi connectivity index (χ1n) is 12.1. The third-order valence-corrected chi connectivity index (χ3v) is 7.45. The minimum atomic E-state index is -0.901. The number of pyridine rings is 1. The summed E-state index contributed by atoms with van der Waals surface area (Å²) in [5, 5.41) is 18.7. The zero-order chi connectivity index (χ0) is 27.0. The molecule has 0 saturated heterocycles. The van der Waals surface area contributed by atoms with Crippen molar-refractivity contribution < 1.29 is 23.1 Å². The van der Waals surface area contributed by atoms with Gasteiger partial charge in [-0.15, -0.1) is 0 Å². The maximum absolute atomic E-state index is 14.7. The molecule has 38 heavy (non-hydrogen) atoms. The van der Waals surface area contributed by atoms with Crippen LogP contribution in [0.1, 0.15) is 37.7 Å². The molecule has 3 heterocycles. The largest absolute Gasteiger partial charge is 0.481 e. The van der Waals surface area contributed by atoms with Crippen LogP contribution in [-0.4, -0.2) is 31.0 Å². The van der Waals surface area contributed by atoms with Crippen LogP contribution in [0.15, 0.2) is 37.1 Å². The first-order chi connectivity index (χ1) is 18.3. The normalized spacial score (nSPS) is 20.0. The summed E-state index contributed by atoms with van der Waals surface area (Å²) < 4.78 is 42.4.